The first kappa shape index (κ1) is 16.6. The quantitative estimate of drug-likeness (QED) is 0.686. The van der Waals surface area contributed by atoms with E-state index in [0.29, 0.717) is 16.0 Å². The molecule has 0 fully saturated rings. The van der Waals surface area contributed by atoms with Crippen molar-refractivity contribution in [2.75, 3.05) is 12.4 Å². The van der Waals surface area contributed by atoms with Gasteiger partial charge in [0.1, 0.15) is 5.75 Å². The van der Waals surface area contributed by atoms with E-state index < -0.39 is 0 Å². The van der Waals surface area contributed by atoms with Crippen LogP contribution in [0.2, 0.25) is 10.0 Å². The Morgan fingerprint density at radius 2 is 1.75 bits per heavy atom. The standard InChI is InChI=1S/C18H15Cl2N3O/c1-24-15-4-2-3-12(8-15)7-13-10-21-18(22-11-13)23-14-5-6-16(19)17(20)9-14/h2-6,8-11H,7H2,1H3,(H,21,22,23). The molecule has 0 bridgehead atoms. The second kappa shape index (κ2) is 7.51. The van der Waals surface area contributed by atoms with E-state index >= 15 is 0 Å². The SMILES string of the molecule is COc1cccc(Cc2cnc(Nc3ccc(Cl)c(Cl)c3)nc2)c1. The Balaban J connectivity index is 1.69. The highest BCUT2D eigenvalue weighted by Gasteiger charge is 2.03. The van der Waals surface area contributed by atoms with E-state index in [1.54, 1.807) is 31.6 Å². The van der Waals surface area contributed by atoms with Crippen molar-refractivity contribution in [3.63, 3.8) is 0 Å². The van der Waals surface area contributed by atoms with Crippen LogP contribution in [0.3, 0.4) is 0 Å². The molecule has 122 valence electrons. The van der Waals surface area contributed by atoms with Gasteiger partial charge in [-0.05, 0) is 41.5 Å². The van der Waals surface area contributed by atoms with E-state index in [1.807, 2.05) is 30.3 Å². The lowest BCUT2D eigenvalue weighted by Crippen LogP contribution is -1.99. The van der Waals surface area contributed by atoms with Gasteiger partial charge < -0.3 is 10.1 Å². The molecule has 24 heavy (non-hydrogen) atoms. The molecule has 0 atom stereocenters. The predicted molar refractivity (Wildman–Crippen MR) is 97.6 cm³/mol. The topological polar surface area (TPSA) is 47.0 Å². The highest BCUT2D eigenvalue weighted by molar-refractivity contribution is 6.42. The lowest BCUT2D eigenvalue weighted by atomic mass is 10.1. The van der Waals surface area contributed by atoms with Gasteiger partial charge in [-0.1, -0.05) is 35.3 Å². The first-order valence-electron chi connectivity index (χ1n) is 7.30. The third-order valence-electron chi connectivity index (χ3n) is 3.42. The van der Waals surface area contributed by atoms with Crippen molar-refractivity contribution >= 4 is 34.8 Å². The summed E-state index contributed by atoms with van der Waals surface area (Å²) in [6.07, 6.45) is 4.34. The summed E-state index contributed by atoms with van der Waals surface area (Å²) in [5, 5.41) is 4.09. The maximum Gasteiger partial charge on any atom is 0.227 e. The van der Waals surface area contributed by atoms with Crippen molar-refractivity contribution in [2.45, 2.75) is 6.42 Å². The first-order chi connectivity index (χ1) is 11.6. The Hall–Kier alpha value is -2.30. The van der Waals surface area contributed by atoms with Gasteiger partial charge in [0.05, 0.1) is 17.2 Å². The highest BCUT2D eigenvalue weighted by Crippen LogP contribution is 2.26. The summed E-state index contributed by atoms with van der Waals surface area (Å²) in [4.78, 5) is 8.67. The normalized spacial score (nSPS) is 10.5. The van der Waals surface area contributed by atoms with Gasteiger partial charge in [0.2, 0.25) is 5.95 Å². The van der Waals surface area contributed by atoms with E-state index in [9.17, 15) is 0 Å². The molecule has 0 aliphatic rings. The molecule has 0 saturated heterocycles. The van der Waals surface area contributed by atoms with Crippen molar-refractivity contribution in [1.82, 2.24) is 9.97 Å². The van der Waals surface area contributed by atoms with Gasteiger partial charge in [-0.3, -0.25) is 0 Å². The Labute approximate surface area is 150 Å². The van der Waals surface area contributed by atoms with E-state index in [4.69, 9.17) is 27.9 Å². The molecule has 0 amide bonds. The van der Waals surface area contributed by atoms with Crippen LogP contribution in [0.4, 0.5) is 11.6 Å². The fraction of sp³-hybridized carbons (Fsp3) is 0.111. The van der Waals surface area contributed by atoms with Crippen LogP contribution in [0.5, 0.6) is 5.75 Å². The van der Waals surface area contributed by atoms with Gasteiger partial charge in [0, 0.05) is 24.5 Å². The average Bonchev–Trinajstić information content (AvgIpc) is 2.60. The number of ether oxygens (including phenoxy) is 1. The summed E-state index contributed by atoms with van der Waals surface area (Å²) in [6, 6.07) is 13.2. The zero-order chi connectivity index (χ0) is 16.9. The Morgan fingerprint density at radius 1 is 0.958 bits per heavy atom. The van der Waals surface area contributed by atoms with E-state index in [1.165, 1.54) is 0 Å². The maximum absolute atomic E-state index is 6.00. The molecule has 0 aliphatic heterocycles. The smallest absolute Gasteiger partial charge is 0.227 e. The van der Waals surface area contributed by atoms with Crippen LogP contribution in [0.25, 0.3) is 0 Å². The number of rotatable bonds is 5. The van der Waals surface area contributed by atoms with Crippen LogP contribution >= 0.6 is 23.2 Å². The minimum atomic E-state index is 0.483. The molecule has 0 aliphatic carbocycles. The number of halogens is 2. The molecule has 1 aromatic heterocycles. The van der Waals surface area contributed by atoms with Crippen molar-refractivity contribution in [1.29, 1.82) is 0 Å². The number of anilines is 2. The molecular weight excluding hydrogens is 345 g/mol. The summed E-state index contributed by atoms with van der Waals surface area (Å²) in [5.41, 5.74) is 2.94. The predicted octanol–water partition coefficient (Wildman–Crippen LogP) is 5.13. The molecule has 1 N–H and O–H groups in total. The minimum Gasteiger partial charge on any atom is -0.497 e. The van der Waals surface area contributed by atoms with Gasteiger partial charge in [-0.25, -0.2) is 9.97 Å². The zero-order valence-corrected chi connectivity index (χ0v) is 14.5. The molecule has 3 aromatic rings. The largest absolute Gasteiger partial charge is 0.497 e. The second-order valence-electron chi connectivity index (χ2n) is 5.20. The third-order valence-corrected chi connectivity index (χ3v) is 4.16. The molecule has 0 unspecified atom stereocenters. The van der Waals surface area contributed by atoms with Gasteiger partial charge in [-0.15, -0.1) is 0 Å². The average molecular weight is 360 g/mol. The van der Waals surface area contributed by atoms with E-state index in [-0.39, 0.29) is 0 Å². The lowest BCUT2D eigenvalue weighted by molar-refractivity contribution is 0.414. The van der Waals surface area contributed by atoms with Gasteiger partial charge in [0.15, 0.2) is 0 Å². The van der Waals surface area contributed by atoms with Crippen LogP contribution in [0.15, 0.2) is 54.9 Å². The van der Waals surface area contributed by atoms with Crippen LogP contribution in [-0.2, 0) is 6.42 Å². The molecule has 4 nitrogen and oxygen atoms in total. The second-order valence-corrected chi connectivity index (χ2v) is 6.01. The summed E-state index contributed by atoms with van der Waals surface area (Å²) in [6.45, 7) is 0. The van der Waals surface area contributed by atoms with E-state index in [0.717, 1.165) is 29.0 Å². The third kappa shape index (κ3) is 4.16. The first-order valence-corrected chi connectivity index (χ1v) is 8.05. The maximum atomic E-state index is 6.00. The van der Waals surface area contributed by atoms with Crippen LogP contribution in [-0.4, -0.2) is 17.1 Å². The number of nitrogens with zero attached hydrogens (tertiary/aromatic N) is 2. The summed E-state index contributed by atoms with van der Waals surface area (Å²) in [7, 11) is 1.66. The number of aromatic nitrogens is 2. The highest BCUT2D eigenvalue weighted by atomic mass is 35.5. The molecule has 0 spiro atoms. The molecule has 3 rings (SSSR count). The summed E-state index contributed by atoms with van der Waals surface area (Å²) < 4.78 is 5.23. The molecule has 0 saturated carbocycles. The molecule has 6 heteroatoms. The van der Waals surface area contributed by atoms with Gasteiger partial charge in [-0.2, -0.15) is 0 Å². The van der Waals surface area contributed by atoms with Crippen LogP contribution in [0, 0.1) is 0 Å². The zero-order valence-electron chi connectivity index (χ0n) is 13.0. The number of nitrogens with one attached hydrogen (secondary N) is 1. The molecular formula is C18H15Cl2N3O. The lowest BCUT2D eigenvalue weighted by Gasteiger charge is -2.07. The van der Waals surface area contributed by atoms with Crippen molar-refractivity contribution < 1.29 is 4.74 Å². The van der Waals surface area contributed by atoms with Gasteiger partial charge >= 0.3 is 0 Å². The van der Waals surface area contributed by atoms with Crippen molar-refractivity contribution in [3.8, 4) is 5.75 Å². The molecule has 0 radical (unpaired) electrons. The van der Waals surface area contributed by atoms with Gasteiger partial charge in [0.25, 0.3) is 0 Å². The Kier molecular flexibility index (Phi) is 5.18. The summed E-state index contributed by atoms with van der Waals surface area (Å²) in [5.74, 6) is 1.34. The Bertz CT molecular complexity index is 838. The van der Waals surface area contributed by atoms with Crippen molar-refractivity contribution in [3.05, 3.63) is 76.0 Å². The fourth-order valence-corrected chi connectivity index (χ4v) is 2.53. The number of benzene rings is 2. The van der Waals surface area contributed by atoms with Crippen LogP contribution in [0.1, 0.15) is 11.1 Å². The molecule has 1 heterocycles. The number of hydrogen-bond donors (Lipinski definition) is 1. The monoisotopic (exact) mass is 359 g/mol. The number of methoxy groups -OCH3 is 1. The van der Waals surface area contributed by atoms with Crippen molar-refractivity contribution in [2.24, 2.45) is 0 Å². The Morgan fingerprint density at radius 3 is 2.46 bits per heavy atom. The number of hydrogen-bond acceptors (Lipinski definition) is 4. The van der Waals surface area contributed by atoms with E-state index in [2.05, 4.69) is 15.3 Å². The summed E-state index contributed by atoms with van der Waals surface area (Å²) >= 11 is 11.9. The minimum absolute atomic E-state index is 0.483. The molecule has 2 aromatic carbocycles. The van der Waals surface area contributed by atoms with Crippen LogP contribution < -0.4 is 10.1 Å². The fourth-order valence-electron chi connectivity index (χ4n) is 2.23.